The third kappa shape index (κ3) is 19.6. The number of hydrogen-bond donors (Lipinski definition) is 4. The quantitative estimate of drug-likeness (QED) is 0.165. The SMILES string of the molecule is CC.CC(C)(C)OC(=O)N1CCN(CC2CCN(/C(N)=C/C=C(\N)C(=O)NC3CCCCC3)CC2)CC1.CCCC(C)=O.N#Cc1ccc(O)cc1Cl. The van der Waals surface area contributed by atoms with E-state index in [0.717, 1.165) is 71.2 Å². The van der Waals surface area contributed by atoms with Crippen LogP contribution in [0.1, 0.15) is 112 Å². The molecule has 1 aliphatic carbocycles. The summed E-state index contributed by atoms with van der Waals surface area (Å²) in [5.41, 5.74) is 12.4. The molecule has 3 fully saturated rings. The van der Waals surface area contributed by atoms with Crippen molar-refractivity contribution in [1.82, 2.24) is 20.0 Å². The zero-order chi connectivity index (χ0) is 40.0. The number of amides is 2. The van der Waals surface area contributed by atoms with Crippen molar-refractivity contribution >= 4 is 29.4 Å². The number of ketones is 1. The summed E-state index contributed by atoms with van der Waals surface area (Å²) in [5.74, 6) is 1.43. The minimum Gasteiger partial charge on any atom is -0.508 e. The van der Waals surface area contributed by atoms with Crippen LogP contribution in [0.2, 0.25) is 5.02 Å². The normalized spacial score (nSPS) is 17.4. The molecular weight excluding hydrogens is 694 g/mol. The van der Waals surface area contributed by atoms with Gasteiger partial charge in [-0.15, -0.1) is 0 Å². The van der Waals surface area contributed by atoms with Crippen molar-refractivity contribution in [3.05, 3.63) is 52.5 Å². The summed E-state index contributed by atoms with van der Waals surface area (Å²) in [6.45, 7) is 19.3. The Kier molecular flexibility index (Phi) is 22.3. The van der Waals surface area contributed by atoms with Gasteiger partial charge in [-0.2, -0.15) is 5.26 Å². The lowest BCUT2D eigenvalue weighted by molar-refractivity contribution is -0.118. The fourth-order valence-electron chi connectivity index (χ4n) is 6.00. The van der Waals surface area contributed by atoms with E-state index >= 15 is 0 Å². The van der Waals surface area contributed by atoms with Crippen molar-refractivity contribution in [2.24, 2.45) is 17.4 Å². The van der Waals surface area contributed by atoms with Crippen LogP contribution in [0, 0.1) is 17.2 Å². The van der Waals surface area contributed by atoms with Gasteiger partial charge in [-0.25, -0.2) is 4.79 Å². The van der Waals surface area contributed by atoms with Crippen LogP contribution in [0.5, 0.6) is 5.75 Å². The molecule has 2 saturated heterocycles. The van der Waals surface area contributed by atoms with Crippen molar-refractivity contribution in [1.29, 1.82) is 5.26 Å². The summed E-state index contributed by atoms with van der Waals surface area (Å²) in [6.07, 6.45) is 12.7. The number of piperidine rings is 1. The van der Waals surface area contributed by atoms with Crippen LogP contribution in [0.4, 0.5) is 4.79 Å². The zero-order valence-corrected chi connectivity index (χ0v) is 34.0. The number of nitrogens with two attached hydrogens (primary N) is 2. The van der Waals surface area contributed by atoms with Crippen molar-refractivity contribution in [3.63, 3.8) is 0 Å². The number of allylic oxidation sites excluding steroid dienone is 2. The standard InChI is InChI=1S/C26H46N6O3.C7H4ClNO.C5H10O.C2H6/c1-26(2,3)35-25(34)32-17-15-30(16-18-32)19-20-11-13-31(14-12-20)23(28)10-9-22(27)24(33)29-21-7-5-4-6-8-21;8-7-3-6(10)2-1-5(7)4-9;1-3-4-5(2)6;1-2/h9-10,20-21H,4-8,11-19,27-28H2,1-3H3,(H,29,33);1-3,10H;3-4H2,1-2H3;1-2H3/b22-9-,23-10+;;;. The number of ether oxygens (including phenoxy) is 1. The fraction of sp³-hybridized carbons (Fsp3) is 0.650. The van der Waals surface area contributed by atoms with Gasteiger partial charge in [0.1, 0.15) is 23.2 Å². The average Bonchev–Trinajstić information content (AvgIpc) is 3.12. The number of phenolic OH excluding ortho intramolecular Hbond substituents is 1. The molecule has 2 aliphatic heterocycles. The zero-order valence-electron chi connectivity index (χ0n) is 33.3. The summed E-state index contributed by atoms with van der Waals surface area (Å²) in [6, 6.07) is 6.34. The maximum Gasteiger partial charge on any atom is 0.410 e. The van der Waals surface area contributed by atoms with Crippen LogP contribution in [-0.4, -0.2) is 95.0 Å². The largest absolute Gasteiger partial charge is 0.508 e. The molecule has 2 amide bonds. The molecule has 12 nitrogen and oxygen atoms in total. The first-order valence-electron chi connectivity index (χ1n) is 19.2. The van der Waals surface area contributed by atoms with Gasteiger partial charge in [-0.3, -0.25) is 9.69 Å². The van der Waals surface area contributed by atoms with Gasteiger partial charge in [0.25, 0.3) is 5.91 Å². The highest BCUT2D eigenvalue weighted by molar-refractivity contribution is 6.31. The van der Waals surface area contributed by atoms with Crippen LogP contribution in [0.25, 0.3) is 0 Å². The van der Waals surface area contributed by atoms with E-state index in [4.69, 9.17) is 38.2 Å². The number of nitrogens with zero attached hydrogens (tertiary/aromatic N) is 4. The van der Waals surface area contributed by atoms with Crippen LogP contribution >= 0.6 is 11.6 Å². The number of nitrogens with one attached hydrogen (secondary N) is 1. The first kappa shape index (κ1) is 47.1. The van der Waals surface area contributed by atoms with Gasteiger partial charge >= 0.3 is 6.09 Å². The highest BCUT2D eigenvalue weighted by atomic mass is 35.5. The summed E-state index contributed by atoms with van der Waals surface area (Å²) in [7, 11) is 0. The van der Waals surface area contributed by atoms with Crippen molar-refractivity contribution in [3.8, 4) is 11.8 Å². The molecule has 0 aromatic heterocycles. The molecule has 1 saturated carbocycles. The monoisotopic (exact) mass is 759 g/mol. The maximum absolute atomic E-state index is 12.3. The summed E-state index contributed by atoms with van der Waals surface area (Å²) >= 11 is 5.55. The van der Waals surface area contributed by atoms with Crippen LogP contribution in [0.3, 0.4) is 0 Å². The number of phenols is 1. The predicted molar refractivity (Wildman–Crippen MR) is 213 cm³/mol. The molecule has 0 atom stereocenters. The van der Waals surface area contributed by atoms with Crippen molar-refractivity contribution in [2.75, 3.05) is 45.8 Å². The molecule has 298 valence electrons. The van der Waals surface area contributed by atoms with Gasteiger partial charge in [0.05, 0.1) is 22.1 Å². The first-order chi connectivity index (χ1) is 25.1. The van der Waals surface area contributed by atoms with E-state index in [1.54, 1.807) is 19.1 Å². The van der Waals surface area contributed by atoms with Crippen molar-refractivity contribution in [2.45, 2.75) is 118 Å². The van der Waals surface area contributed by atoms with E-state index < -0.39 is 5.60 Å². The maximum atomic E-state index is 12.3. The van der Waals surface area contributed by atoms with E-state index in [9.17, 15) is 14.4 Å². The molecule has 3 aliphatic rings. The van der Waals surface area contributed by atoms with E-state index in [-0.39, 0.29) is 40.3 Å². The highest BCUT2D eigenvalue weighted by Gasteiger charge is 2.28. The molecular formula is C40H66ClN7O5. The molecule has 4 rings (SSSR count). The smallest absolute Gasteiger partial charge is 0.410 e. The van der Waals surface area contributed by atoms with E-state index in [0.29, 0.717) is 30.4 Å². The van der Waals surface area contributed by atoms with E-state index in [2.05, 4.69) is 15.1 Å². The summed E-state index contributed by atoms with van der Waals surface area (Å²) in [4.78, 5) is 41.1. The van der Waals surface area contributed by atoms with Gasteiger partial charge < -0.3 is 41.2 Å². The van der Waals surface area contributed by atoms with E-state index in [1.807, 2.05) is 52.5 Å². The van der Waals surface area contributed by atoms with Gasteiger partial charge in [0, 0.05) is 58.3 Å². The van der Waals surface area contributed by atoms with Gasteiger partial charge in [-0.1, -0.05) is 51.6 Å². The molecule has 0 spiro atoms. The summed E-state index contributed by atoms with van der Waals surface area (Å²) < 4.78 is 5.49. The molecule has 1 aromatic carbocycles. The third-order valence-electron chi connectivity index (χ3n) is 8.83. The number of Topliss-reactive ketones (excluding diaryl/α,β-unsaturated/α-hetero) is 1. The minimum absolute atomic E-state index is 0.0731. The number of nitriles is 1. The Balaban J connectivity index is 0.000000640. The Bertz CT molecular complexity index is 1370. The number of hydrogen-bond acceptors (Lipinski definition) is 10. The number of piperazine rings is 1. The highest BCUT2D eigenvalue weighted by Crippen LogP contribution is 2.22. The molecule has 53 heavy (non-hydrogen) atoms. The van der Waals surface area contributed by atoms with Gasteiger partial charge in [0.15, 0.2) is 0 Å². The van der Waals surface area contributed by atoms with Gasteiger partial charge in [-0.05, 0) is 96.1 Å². The second-order valence-corrected chi connectivity index (χ2v) is 14.9. The average molecular weight is 760 g/mol. The lowest BCUT2D eigenvalue weighted by Crippen LogP contribution is -2.51. The molecule has 1 aromatic rings. The Morgan fingerprint density at radius 2 is 1.58 bits per heavy atom. The Hall–Kier alpha value is -3.95. The first-order valence-corrected chi connectivity index (χ1v) is 19.6. The van der Waals surface area contributed by atoms with Crippen LogP contribution < -0.4 is 16.8 Å². The number of aromatic hydroxyl groups is 1. The fourth-order valence-corrected chi connectivity index (χ4v) is 6.21. The molecule has 13 heteroatoms. The second-order valence-electron chi connectivity index (χ2n) is 14.4. The number of carbonyl (C=O) groups is 3. The Labute approximate surface area is 323 Å². The Morgan fingerprint density at radius 3 is 2.08 bits per heavy atom. The lowest BCUT2D eigenvalue weighted by Gasteiger charge is -2.39. The number of benzene rings is 1. The number of rotatable bonds is 8. The molecule has 6 N–H and O–H groups in total. The van der Waals surface area contributed by atoms with Crippen LogP contribution in [-0.2, 0) is 14.3 Å². The second kappa shape index (κ2) is 25.1. The topological polar surface area (TPSA) is 178 Å². The minimum atomic E-state index is -0.457. The van der Waals surface area contributed by atoms with Crippen molar-refractivity contribution < 1.29 is 24.2 Å². The molecule has 2 heterocycles. The van der Waals surface area contributed by atoms with E-state index in [1.165, 1.54) is 37.5 Å². The molecule has 0 unspecified atom stereocenters. The van der Waals surface area contributed by atoms with Crippen LogP contribution in [0.15, 0.2) is 41.9 Å². The number of halogens is 1. The van der Waals surface area contributed by atoms with Gasteiger partial charge in [0.2, 0.25) is 0 Å². The Morgan fingerprint density at radius 1 is 0.981 bits per heavy atom. The molecule has 0 bridgehead atoms. The third-order valence-corrected chi connectivity index (χ3v) is 9.14. The number of likely N-dealkylation sites (tertiary alicyclic amines) is 1. The predicted octanol–water partition coefficient (Wildman–Crippen LogP) is 6.66. The lowest BCUT2D eigenvalue weighted by atomic mass is 9.95. The number of carbonyl (C=O) groups excluding carboxylic acids is 3. The molecule has 0 radical (unpaired) electrons. The summed E-state index contributed by atoms with van der Waals surface area (Å²) in [5, 5.41) is 20.5.